The summed E-state index contributed by atoms with van der Waals surface area (Å²) in [5.41, 5.74) is 0.837. The van der Waals surface area contributed by atoms with Crippen LogP contribution in [0.3, 0.4) is 0 Å². The third-order valence-corrected chi connectivity index (χ3v) is 5.88. The largest absolute Gasteiger partial charge is 0.363 e. The van der Waals surface area contributed by atoms with Gasteiger partial charge in [-0.25, -0.2) is 13.1 Å². The van der Waals surface area contributed by atoms with E-state index in [1.54, 1.807) is 19.1 Å². The fourth-order valence-corrected chi connectivity index (χ4v) is 4.23. The van der Waals surface area contributed by atoms with E-state index in [9.17, 15) is 8.42 Å². The number of H-pyrrole nitrogens is 1. The standard InChI is InChI=1S/C13H18ClN3O2S2/c1-3-15-7-10-6-11(8-16-10)21(18,19)17-9(2)12-4-5-13(14)20-12/h4-6,8-9,15-17H,3,7H2,1-2H3. The predicted octanol–water partition coefficient (Wildman–Crippen LogP) is 2.88. The Morgan fingerprint density at radius 3 is 2.81 bits per heavy atom. The average Bonchev–Trinajstić information content (AvgIpc) is 3.05. The number of halogens is 1. The topological polar surface area (TPSA) is 74.0 Å². The Hall–Kier alpha value is -0.860. The van der Waals surface area contributed by atoms with Crippen LogP contribution in [0.5, 0.6) is 0 Å². The number of sulfonamides is 1. The minimum absolute atomic E-state index is 0.241. The fourth-order valence-electron chi connectivity index (χ4n) is 1.86. The minimum Gasteiger partial charge on any atom is -0.363 e. The van der Waals surface area contributed by atoms with Crippen LogP contribution in [0.4, 0.5) is 0 Å². The van der Waals surface area contributed by atoms with Crippen molar-refractivity contribution in [1.29, 1.82) is 0 Å². The Kier molecular flexibility index (Phi) is 5.45. The van der Waals surface area contributed by atoms with E-state index >= 15 is 0 Å². The molecule has 0 saturated carbocycles. The van der Waals surface area contributed by atoms with E-state index in [4.69, 9.17) is 11.6 Å². The summed E-state index contributed by atoms with van der Waals surface area (Å²) >= 11 is 7.24. The Bertz CT molecular complexity index is 694. The number of aromatic amines is 1. The molecule has 0 amide bonds. The highest BCUT2D eigenvalue weighted by Gasteiger charge is 2.20. The van der Waals surface area contributed by atoms with Crippen LogP contribution in [-0.2, 0) is 16.6 Å². The van der Waals surface area contributed by atoms with Gasteiger partial charge in [0, 0.05) is 23.3 Å². The van der Waals surface area contributed by atoms with Crippen LogP contribution in [-0.4, -0.2) is 19.9 Å². The molecule has 0 spiro atoms. The van der Waals surface area contributed by atoms with Crippen molar-refractivity contribution in [2.24, 2.45) is 0 Å². The predicted molar refractivity (Wildman–Crippen MR) is 86.2 cm³/mol. The van der Waals surface area contributed by atoms with Gasteiger partial charge in [0.05, 0.1) is 15.3 Å². The van der Waals surface area contributed by atoms with E-state index in [-0.39, 0.29) is 10.9 Å². The molecular formula is C13H18ClN3O2S2. The van der Waals surface area contributed by atoms with Gasteiger partial charge in [-0.15, -0.1) is 11.3 Å². The van der Waals surface area contributed by atoms with Crippen molar-refractivity contribution < 1.29 is 8.42 Å². The van der Waals surface area contributed by atoms with Gasteiger partial charge in [0.2, 0.25) is 10.0 Å². The maximum atomic E-state index is 12.3. The van der Waals surface area contributed by atoms with E-state index in [0.29, 0.717) is 10.9 Å². The SMILES string of the molecule is CCNCc1cc(S(=O)(=O)NC(C)c2ccc(Cl)s2)c[nH]1. The van der Waals surface area contributed by atoms with Crippen LogP contribution in [0.25, 0.3) is 0 Å². The maximum absolute atomic E-state index is 12.3. The summed E-state index contributed by atoms with van der Waals surface area (Å²) in [6, 6.07) is 4.91. The van der Waals surface area contributed by atoms with Gasteiger partial charge in [-0.1, -0.05) is 18.5 Å². The molecule has 0 fully saturated rings. The van der Waals surface area contributed by atoms with Gasteiger partial charge < -0.3 is 10.3 Å². The van der Waals surface area contributed by atoms with Gasteiger partial charge in [0.1, 0.15) is 0 Å². The van der Waals surface area contributed by atoms with E-state index in [1.807, 2.05) is 13.0 Å². The van der Waals surface area contributed by atoms with Crippen molar-refractivity contribution in [3.63, 3.8) is 0 Å². The molecule has 3 N–H and O–H groups in total. The van der Waals surface area contributed by atoms with Crippen LogP contribution in [0, 0.1) is 0 Å². The van der Waals surface area contributed by atoms with Crippen LogP contribution in [0.1, 0.15) is 30.5 Å². The van der Waals surface area contributed by atoms with Crippen molar-refractivity contribution in [1.82, 2.24) is 15.0 Å². The number of rotatable bonds is 7. The molecule has 2 aromatic heterocycles. The first kappa shape index (κ1) is 16.5. The molecule has 0 aliphatic carbocycles. The summed E-state index contributed by atoms with van der Waals surface area (Å²) in [4.78, 5) is 4.09. The molecule has 0 aliphatic rings. The van der Waals surface area contributed by atoms with Gasteiger partial charge in [-0.05, 0) is 31.7 Å². The first-order valence-corrected chi connectivity index (χ1v) is 9.25. The highest BCUT2D eigenvalue weighted by molar-refractivity contribution is 7.89. The monoisotopic (exact) mass is 347 g/mol. The molecule has 2 aromatic rings. The molecule has 0 aliphatic heterocycles. The second kappa shape index (κ2) is 6.93. The molecule has 1 atom stereocenters. The maximum Gasteiger partial charge on any atom is 0.242 e. The lowest BCUT2D eigenvalue weighted by atomic mass is 10.3. The number of thiophene rings is 1. The highest BCUT2D eigenvalue weighted by atomic mass is 35.5. The molecule has 2 rings (SSSR count). The van der Waals surface area contributed by atoms with Crippen LogP contribution in [0.15, 0.2) is 29.3 Å². The van der Waals surface area contributed by atoms with E-state index in [0.717, 1.165) is 17.1 Å². The van der Waals surface area contributed by atoms with Gasteiger partial charge in [-0.3, -0.25) is 0 Å². The quantitative estimate of drug-likeness (QED) is 0.721. The van der Waals surface area contributed by atoms with E-state index in [2.05, 4.69) is 15.0 Å². The fraction of sp³-hybridized carbons (Fsp3) is 0.385. The first-order valence-electron chi connectivity index (χ1n) is 6.58. The van der Waals surface area contributed by atoms with Crippen molar-refractivity contribution in [2.75, 3.05) is 6.54 Å². The summed E-state index contributed by atoms with van der Waals surface area (Å²) < 4.78 is 28.0. The van der Waals surface area contributed by atoms with E-state index < -0.39 is 10.0 Å². The summed E-state index contributed by atoms with van der Waals surface area (Å²) in [6.45, 7) is 5.24. The number of hydrogen-bond acceptors (Lipinski definition) is 4. The molecule has 8 heteroatoms. The van der Waals surface area contributed by atoms with Gasteiger partial charge in [0.15, 0.2) is 0 Å². The van der Waals surface area contributed by atoms with E-state index in [1.165, 1.54) is 17.5 Å². The van der Waals surface area contributed by atoms with Gasteiger partial charge in [0.25, 0.3) is 0 Å². The second-order valence-electron chi connectivity index (χ2n) is 4.63. The Labute approximate surface area is 133 Å². The Morgan fingerprint density at radius 1 is 1.43 bits per heavy atom. The highest BCUT2D eigenvalue weighted by Crippen LogP contribution is 2.27. The molecule has 116 valence electrons. The molecule has 0 bridgehead atoms. The normalized spacial score (nSPS) is 13.5. The molecule has 2 heterocycles. The van der Waals surface area contributed by atoms with Crippen molar-refractivity contribution >= 4 is 33.0 Å². The molecule has 0 saturated heterocycles. The summed E-state index contributed by atoms with van der Waals surface area (Å²) in [5.74, 6) is 0. The Balaban J connectivity index is 2.09. The molecule has 5 nitrogen and oxygen atoms in total. The lowest BCUT2D eigenvalue weighted by molar-refractivity contribution is 0.568. The summed E-state index contributed by atoms with van der Waals surface area (Å²) in [5, 5.41) is 3.14. The lowest BCUT2D eigenvalue weighted by Gasteiger charge is -2.11. The van der Waals surface area contributed by atoms with Gasteiger partial charge in [-0.2, -0.15) is 0 Å². The average molecular weight is 348 g/mol. The summed E-state index contributed by atoms with van der Waals surface area (Å²) in [6.07, 6.45) is 1.50. The molecule has 21 heavy (non-hydrogen) atoms. The zero-order valence-electron chi connectivity index (χ0n) is 11.8. The smallest absolute Gasteiger partial charge is 0.242 e. The van der Waals surface area contributed by atoms with Crippen LogP contribution in [0.2, 0.25) is 4.34 Å². The van der Waals surface area contributed by atoms with Crippen LogP contribution >= 0.6 is 22.9 Å². The summed E-state index contributed by atoms with van der Waals surface area (Å²) in [7, 11) is -3.55. The number of nitrogens with one attached hydrogen (secondary N) is 3. The first-order chi connectivity index (χ1) is 9.92. The minimum atomic E-state index is -3.55. The lowest BCUT2D eigenvalue weighted by Crippen LogP contribution is -2.26. The van der Waals surface area contributed by atoms with Crippen LogP contribution < -0.4 is 10.0 Å². The zero-order chi connectivity index (χ0) is 15.5. The molecular weight excluding hydrogens is 330 g/mol. The Morgan fingerprint density at radius 2 is 2.19 bits per heavy atom. The van der Waals surface area contributed by atoms with Crippen molar-refractivity contribution in [2.45, 2.75) is 31.3 Å². The second-order valence-corrected chi connectivity index (χ2v) is 8.09. The van der Waals surface area contributed by atoms with Crippen molar-refractivity contribution in [3.05, 3.63) is 39.3 Å². The number of aromatic nitrogens is 1. The third-order valence-electron chi connectivity index (χ3n) is 2.94. The third kappa shape index (κ3) is 4.31. The molecule has 0 radical (unpaired) electrons. The zero-order valence-corrected chi connectivity index (χ0v) is 14.2. The number of hydrogen-bond donors (Lipinski definition) is 3. The molecule has 1 unspecified atom stereocenters. The van der Waals surface area contributed by atoms with Gasteiger partial charge >= 0.3 is 0 Å². The molecule has 0 aromatic carbocycles. The van der Waals surface area contributed by atoms with Crippen molar-refractivity contribution in [3.8, 4) is 0 Å².